The van der Waals surface area contributed by atoms with Gasteiger partial charge < -0.3 is 5.73 Å². The SMILES string of the molecule is C[C@H]1CC[C@H](C(N)=O)CN1Cc1ccc(F)c2cccnc12. The molecule has 22 heavy (non-hydrogen) atoms. The summed E-state index contributed by atoms with van der Waals surface area (Å²) in [6.45, 7) is 3.46. The van der Waals surface area contributed by atoms with Gasteiger partial charge in [0.1, 0.15) is 5.82 Å². The van der Waals surface area contributed by atoms with Gasteiger partial charge >= 0.3 is 0 Å². The Bertz CT molecular complexity index is 703. The second-order valence-electron chi connectivity index (χ2n) is 6.06. The zero-order chi connectivity index (χ0) is 15.7. The Morgan fingerprint density at radius 2 is 2.23 bits per heavy atom. The van der Waals surface area contributed by atoms with Gasteiger partial charge in [0.15, 0.2) is 0 Å². The topological polar surface area (TPSA) is 59.2 Å². The van der Waals surface area contributed by atoms with E-state index in [1.807, 2.05) is 0 Å². The third kappa shape index (κ3) is 2.81. The van der Waals surface area contributed by atoms with Gasteiger partial charge in [-0.3, -0.25) is 14.7 Å². The standard InChI is InChI=1S/C17H20FN3O/c1-11-4-5-13(17(19)22)10-21(11)9-12-6-7-15(18)14-3-2-8-20-16(12)14/h2-3,6-8,11,13H,4-5,9-10H2,1H3,(H2,19,22)/t11-,13-/m0/s1. The maximum atomic E-state index is 13.9. The number of primary amides is 1. The Labute approximate surface area is 129 Å². The summed E-state index contributed by atoms with van der Waals surface area (Å²) in [5, 5.41) is 0.538. The fourth-order valence-corrected chi connectivity index (χ4v) is 3.17. The van der Waals surface area contributed by atoms with Gasteiger partial charge in [-0.1, -0.05) is 6.07 Å². The number of amides is 1. The first-order valence-corrected chi connectivity index (χ1v) is 7.61. The fourth-order valence-electron chi connectivity index (χ4n) is 3.17. The predicted molar refractivity (Wildman–Crippen MR) is 83.5 cm³/mol. The van der Waals surface area contributed by atoms with E-state index in [1.165, 1.54) is 6.07 Å². The highest BCUT2D eigenvalue weighted by molar-refractivity contribution is 5.82. The molecular weight excluding hydrogens is 281 g/mol. The molecule has 2 N–H and O–H groups in total. The van der Waals surface area contributed by atoms with Crippen LogP contribution in [0.25, 0.3) is 10.9 Å². The van der Waals surface area contributed by atoms with Crippen LogP contribution in [0.1, 0.15) is 25.3 Å². The molecular formula is C17H20FN3O. The number of carbonyl (C=O) groups is 1. The van der Waals surface area contributed by atoms with Gasteiger partial charge in [-0.25, -0.2) is 4.39 Å². The number of likely N-dealkylation sites (tertiary alicyclic amines) is 1. The number of benzene rings is 1. The minimum absolute atomic E-state index is 0.101. The molecule has 1 aromatic heterocycles. The number of rotatable bonds is 3. The van der Waals surface area contributed by atoms with Crippen LogP contribution in [0, 0.1) is 11.7 Å². The van der Waals surface area contributed by atoms with Crippen molar-refractivity contribution in [3.63, 3.8) is 0 Å². The molecule has 2 heterocycles. The van der Waals surface area contributed by atoms with Crippen LogP contribution in [-0.2, 0) is 11.3 Å². The number of piperidine rings is 1. The predicted octanol–water partition coefficient (Wildman–Crippen LogP) is 2.46. The minimum Gasteiger partial charge on any atom is -0.369 e. The smallest absolute Gasteiger partial charge is 0.221 e. The number of hydrogen-bond acceptors (Lipinski definition) is 3. The fraction of sp³-hybridized carbons (Fsp3) is 0.412. The number of nitrogens with zero attached hydrogens (tertiary/aromatic N) is 2. The minimum atomic E-state index is -0.256. The second kappa shape index (κ2) is 6.01. The molecule has 0 bridgehead atoms. The molecule has 0 unspecified atom stereocenters. The molecule has 0 saturated carbocycles. The average molecular weight is 301 g/mol. The van der Waals surface area contributed by atoms with Crippen LogP contribution >= 0.6 is 0 Å². The Hall–Kier alpha value is -2.01. The van der Waals surface area contributed by atoms with Crippen LogP contribution in [0.5, 0.6) is 0 Å². The van der Waals surface area contributed by atoms with Crippen molar-refractivity contribution in [1.29, 1.82) is 0 Å². The summed E-state index contributed by atoms with van der Waals surface area (Å²) < 4.78 is 13.9. The highest BCUT2D eigenvalue weighted by Crippen LogP contribution is 2.26. The van der Waals surface area contributed by atoms with Crippen molar-refractivity contribution in [3.8, 4) is 0 Å². The number of halogens is 1. The second-order valence-corrected chi connectivity index (χ2v) is 6.06. The van der Waals surface area contributed by atoms with E-state index in [9.17, 15) is 9.18 Å². The Kier molecular flexibility index (Phi) is 4.07. The maximum Gasteiger partial charge on any atom is 0.221 e. The third-order valence-corrected chi connectivity index (χ3v) is 4.59. The summed E-state index contributed by atoms with van der Waals surface area (Å²) in [5.41, 5.74) is 7.12. The van der Waals surface area contributed by atoms with Crippen LogP contribution in [0.2, 0.25) is 0 Å². The Balaban J connectivity index is 1.89. The maximum absolute atomic E-state index is 13.9. The molecule has 116 valence electrons. The lowest BCUT2D eigenvalue weighted by molar-refractivity contribution is -0.124. The van der Waals surface area contributed by atoms with Gasteiger partial charge in [0.2, 0.25) is 5.91 Å². The molecule has 1 aromatic carbocycles. The van der Waals surface area contributed by atoms with E-state index >= 15 is 0 Å². The van der Waals surface area contributed by atoms with E-state index in [1.54, 1.807) is 24.4 Å². The third-order valence-electron chi connectivity index (χ3n) is 4.59. The molecule has 0 spiro atoms. The molecule has 0 aliphatic carbocycles. The van der Waals surface area contributed by atoms with E-state index in [4.69, 9.17) is 5.73 Å². The molecule has 0 radical (unpaired) electrons. The summed E-state index contributed by atoms with van der Waals surface area (Å²) in [4.78, 5) is 18.0. The summed E-state index contributed by atoms with van der Waals surface area (Å²) in [7, 11) is 0. The van der Waals surface area contributed by atoms with Gasteiger partial charge in [0.25, 0.3) is 0 Å². The number of nitrogens with two attached hydrogens (primary N) is 1. The number of fused-ring (bicyclic) bond motifs is 1. The monoisotopic (exact) mass is 301 g/mol. The molecule has 1 saturated heterocycles. The highest BCUT2D eigenvalue weighted by Gasteiger charge is 2.28. The zero-order valence-corrected chi connectivity index (χ0v) is 12.6. The van der Waals surface area contributed by atoms with Crippen molar-refractivity contribution in [2.75, 3.05) is 6.54 Å². The van der Waals surface area contributed by atoms with Crippen LogP contribution in [0.3, 0.4) is 0 Å². The Morgan fingerprint density at radius 1 is 1.41 bits per heavy atom. The van der Waals surface area contributed by atoms with E-state index < -0.39 is 0 Å². The van der Waals surface area contributed by atoms with Crippen molar-refractivity contribution in [3.05, 3.63) is 41.8 Å². The molecule has 2 atom stereocenters. The van der Waals surface area contributed by atoms with Crippen LogP contribution < -0.4 is 5.73 Å². The number of aromatic nitrogens is 1. The lowest BCUT2D eigenvalue weighted by atomic mass is 9.92. The van der Waals surface area contributed by atoms with Crippen molar-refractivity contribution < 1.29 is 9.18 Å². The van der Waals surface area contributed by atoms with Crippen molar-refractivity contribution in [1.82, 2.24) is 9.88 Å². The first-order chi connectivity index (χ1) is 10.6. The van der Waals surface area contributed by atoms with E-state index in [-0.39, 0.29) is 17.6 Å². The van der Waals surface area contributed by atoms with Crippen LogP contribution in [0.4, 0.5) is 4.39 Å². The molecule has 1 fully saturated rings. The molecule has 1 aliphatic rings. The number of pyridine rings is 1. The van der Waals surface area contributed by atoms with E-state index in [0.29, 0.717) is 30.0 Å². The number of hydrogen-bond donors (Lipinski definition) is 1. The van der Waals surface area contributed by atoms with Gasteiger partial charge in [-0.05, 0) is 43.5 Å². The quantitative estimate of drug-likeness (QED) is 0.947. The largest absolute Gasteiger partial charge is 0.369 e. The summed E-state index contributed by atoms with van der Waals surface area (Å²) in [5.74, 6) is -0.594. The lowest BCUT2D eigenvalue weighted by Gasteiger charge is -2.37. The first kappa shape index (κ1) is 14.9. The number of carbonyl (C=O) groups excluding carboxylic acids is 1. The van der Waals surface area contributed by atoms with Crippen molar-refractivity contribution in [2.24, 2.45) is 11.7 Å². The molecule has 2 aromatic rings. The summed E-state index contributed by atoms with van der Waals surface area (Å²) >= 11 is 0. The molecule has 4 nitrogen and oxygen atoms in total. The Morgan fingerprint density at radius 3 is 3.00 bits per heavy atom. The van der Waals surface area contributed by atoms with Gasteiger partial charge in [0.05, 0.1) is 11.4 Å². The van der Waals surface area contributed by atoms with Gasteiger partial charge in [-0.15, -0.1) is 0 Å². The molecule has 1 aliphatic heterocycles. The van der Waals surface area contributed by atoms with Gasteiger partial charge in [0, 0.05) is 30.7 Å². The summed E-state index contributed by atoms with van der Waals surface area (Å²) in [6, 6.07) is 7.12. The van der Waals surface area contributed by atoms with Gasteiger partial charge in [-0.2, -0.15) is 0 Å². The van der Waals surface area contributed by atoms with Crippen molar-refractivity contribution in [2.45, 2.75) is 32.4 Å². The van der Waals surface area contributed by atoms with E-state index in [2.05, 4.69) is 16.8 Å². The molecule has 1 amide bonds. The molecule has 5 heteroatoms. The van der Waals surface area contributed by atoms with Crippen LogP contribution in [-0.4, -0.2) is 28.4 Å². The molecule has 3 rings (SSSR count). The normalized spacial score (nSPS) is 22.8. The van der Waals surface area contributed by atoms with Crippen LogP contribution in [0.15, 0.2) is 30.5 Å². The van der Waals surface area contributed by atoms with Crippen molar-refractivity contribution >= 4 is 16.8 Å². The average Bonchev–Trinajstić information content (AvgIpc) is 2.52. The van der Waals surface area contributed by atoms with E-state index in [0.717, 1.165) is 18.4 Å². The first-order valence-electron chi connectivity index (χ1n) is 7.61. The lowest BCUT2D eigenvalue weighted by Crippen LogP contribution is -2.45. The highest BCUT2D eigenvalue weighted by atomic mass is 19.1. The zero-order valence-electron chi connectivity index (χ0n) is 12.6. The summed E-state index contributed by atoms with van der Waals surface area (Å²) in [6.07, 6.45) is 3.46.